The van der Waals surface area contributed by atoms with Crippen molar-refractivity contribution < 1.29 is 24.1 Å². The predicted molar refractivity (Wildman–Crippen MR) is 140 cm³/mol. The summed E-state index contributed by atoms with van der Waals surface area (Å²) in [6.45, 7) is 11.1. The van der Waals surface area contributed by atoms with Gasteiger partial charge < -0.3 is 24.6 Å². The molecule has 0 bridgehead atoms. The summed E-state index contributed by atoms with van der Waals surface area (Å²) < 4.78 is 18.4. The van der Waals surface area contributed by atoms with E-state index in [1.807, 2.05) is 51.1 Å². The van der Waals surface area contributed by atoms with Crippen molar-refractivity contribution in [2.75, 3.05) is 53.1 Å². The lowest BCUT2D eigenvalue weighted by molar-refractivity contribution is 0.0322. The number of nitrogens with one attached hydrogen (secondary N) is 1. The zero-order chi connectivity index (χ0) is 26.4. The molecule has 1 aliphatic rings. The van der Waals surface area contributed by atoms with Crippen molar-refractivity contribution >= 4 is 5.91 Å². The quantitative estimate of drug-likeness (QED) is 0.429. The molecule has 4 rings (SSSR count). The lowest BCUT2D eigenvalue weighted by Crippen LogP contribution is -2.38. The highest BCUT2D eigenvalue weighted by Gasteiger charge is 2.24. The number of phenolic OH excluding ortho intramolecular Hbond substituents is 1. The number of ether oxygens (including phenoxy) is 3. The summed E-state index contributed by atoms with van der Waals surface area (Å²) in [4.78, 5) is 15.2. The number of hydrogen-bond acceptors (Lipinski definition) is 8. The lowest BCUT2D eigenvalue weighted by Gasteiger charge is -2.26. The van der Waals surface area contributed by atoms with Crippen LogP contribution in [0.5, 0.6) is 17.2 Å². The number of rotatable bonds is 10. The molecule has 0 aliphatic carbocycles. The number of benzene rings is 2. The molecule has 2 heterocycles. The van der Waals surface area contributed by atoms with Crippen LogP contribution in [0.15, 0.2) is 36.4 Å². The summed E-state index contributed by atoms with van der Waals surface area (Å²) in [6, 6.07) is 10.8. The van der Waals surface area contributed by atoms with Gasteiger partial charge in [-0.2, -0.15) is 0 Å². The molecule has 0 radical (unpaired) electrons. The SMILES string of the molecule is CCNC(=O)c1nnc(-c2cc(C(C)C)c(OC)cc2O)n1-c1ccc(OCCN2CCOCC2)cc1. The number of morpholine rings is 1. The Hall–Kier alpha value is -3.63. The van der Waals surface area contributed by atoms with Gasteiger partial charge in [0.25, 0.3) is 5.91 Å². The van der Waals surface area contributed by atoms with Crippen molar-refractivity contribution in [2.24, 2.45) is 0 Å². The van der Waals surface area contributed by atoms with Crippen molar-refractivity contribution in [1.82, 2.24) is 25.0 Å². The molecule has 0 spiro atoms. The van der Waals surface area contributed by atoms with Gasteiger partial charge in [0.05, 0.1) is 25.9 Å². The monoisotopic (exact) mass is 509 g/mol. The minimum Gasteiger partial charge on any atom is -0.507 e. The van der Waals surface area contributed by atoms with Gasteiger partial charge in [-0.1, -0.05) is 13.8 Å². The van der Waals surface area contributed by atoms with Crippen molar-refractivity contribution in [2.45, 2.75) is 26.7 Å². The molecule has 0 unspecified atom stereocenters. The number of aromatic nitrogens is 3. The number of nitrogens with zero attached hydrogens (tertiary/aromatic N) is 4. The van der Waals surface area contributed by atoms with Gasteiger partial charge in [-0.15, -0.1) is 10.2 Å². The van der Waals surface area contributed by atoms with E-state index in [1.165, 1.54) is 0 Å². The molecule has 0 saturated carbocycles. The topological polar surface area (TPSA) is 111 Å². The maximum atomic E-state index is 12.8. The summed E-state index contributed by atoms with van der Waals surface area (Å²) >= 11 is 0. The molecule has 1 amide bonds. The molecular formula is C27H35N5O5. The fourth-order valence-electron chi connectivity index (χ4n) is 4.29. The Labute approximate surface area is 217 Å². The molecule has 10 nitrogen and oxygen atoms in total. The molecule has 1 aromatic heterocycles. The van der Waals surface area contributed by atoms with Gasteiger partial charge in [0.15, 0.2) is 5.82 Å². The first-order chi connectivity index (χ1) is 17.9. The van der Waals surface area contributed by atoms with Gasteiger partial charge >= 0.3 is 0 Å². The van der Waals surface area contributed by atoms with E-state index in [4.69, 9.17) is 14.2 Å². The second-order valence-corrected chi connectivity index (χ2v) is 9.10. The maximum Gasteiger partial charge on any atom is 0.289 e. The first kappa shape index (κ1) is 26.4. The predicted octanol–water partition coefficient (Wildman–Crippen LogP) is 3.23. The van der Waals surface area contributed by atoms with E-state index in [9.17, 15) is 9.90 Å². The van der Waals surface area contributed by atoms with Crippen molar-refractivity contribution in [3.63, 3.8) is 0 Å². The van der Waals surface area contributed by atoms with E-state index in [-0.39, 0.29) is 23.4 Å². The third-order valence-corrected chi connectivity index (χ3v) is 6.29. The minimum absolute atomic E-state index is 0.0135. The normalized spacial score (nSPS) is 14.1. The largest absolute Gasteiger partial charge is 0.507 e. The number of amides is 1. The van der Waals surface area contributed by atoms with Crippen LogP contribution >= 0.6 is 0 Å². The van der Waals surface area contributed by atoms with Crippen LogP contribution < -0.4 is 14.8 Å². The van der Waals surface area contributed by atoms with E-state index >= 15 is 0 Å². The number of methoxy groups -OCH3 is 1. The van der Waals surface area contributed by atoms with Gasteiger partial charge in [-0.3, -0.25) is 14.3 Å². The van der Waals surface area contributed by atoms with Gasteiger partial charge in [-0.05, 0) is 48.7 Å². The second-order valence-electron chi connectivity index (χ2n) is 9.10. The fourth-order valence-corrected chi connectivity index (χ4v) is 4.29. The smallest absolute Gasteiger partial charge is 0.289 e. The standard InChI is InChI=1S/C27H35N5O5/c1-5-28-27(34)26-30-29-25(22-16-21(18(2)3)24(35-4)17-23(22)33)32(26)19-6-8-20(9-7-19)37-15-12-31-10-13-36-14-11-31/h6-9,16-18,33H,5,10-15H2,1-4H3,(H,28,34). The molecule has 198 valence electrons. The summed E-state index contributed by atoms with van der Waals surface area (Å²) in [6.07, 6.45) is 0. The van der Waals surface area contributed by atoms with Crippen LogP contribution in [0.4, 0.5) is 0 Å². The number of phenols is 1. The minimum atomic E-state index is -0.357. The van der Waals surface area contributed by atoms with Crippen molar-refractivity contribution in [1.29, 1.82) is 0 Å². The van der Waals surface area contributed by atoms with E-state index in [1.54, 1.807) is 17.7 Å². The van der Waals surface area contributed by atoms with Gasteiger partial charge in [-0.25, -0.2) is 0 Å². The highest BCUT2D eigenvalue weighted by atomic mass is 16.5. The zero-order valence-corrected chi connectivity index (χ0v) is 21.9. The highest BCUT2D eigenvalue weighted by molar-refractivity contribution is 5.92. The summed E-state index contributed by atoms with van der Waals surface area (Å²) in [5.41, 5.74) is 2.04. The molecule has 2 N–H and O–H groups in total. The van der Waals surface area contributed by atoms with Crippen molar-refractivity contribution in [3.05, 3.63) is 47.8 Å². The molecule has 0 atom stereocenters. The summed E-state index contributed by atoms with van der Waals surface area (Å²) in [7, 11) is 1.57. The van der Waals surface area contributed by atoms with Crippen LogP contribution in [0, 0.1) is 0 Å². The van der Waals surface area contributed by atoms with Crippen LogP contribution in [0.3, 0.4) is 0 Å². The Kier molecular flexibility index (Phi) is 8.62. The van der Waals surface area contributed by atoms with E-state index < -0.39 is 0 Å². The molecule has 2 aromatic carbocycles. The molecular weight excluding hydrogens is 474 g/mol. The molecule has 1 saturated heterocycles. The first-order valence-corrected chi connectivity index (χ1v) is 12.6. The average Bonchev–Trinajstić information content (AvgIpc) is 3.34. The Morgan fingerprint density at radius 2 is 1.89 bits per heavy atom. The summed E-state index contributed by atoms with van der Waals surface area (Å²) in [5.74, 6) is 1.56. The van der Waals surface area contributed by atoms with E-state index in [2.05, 4.69) is 20.4 Å². The number of carbonyl (C=O) groups excluding carboxylic acids is 1. The third kappa shape index (κ3) is 6.03. The number of aromatic hydroxyl groups is 1. The van der Waals surface area contributed by atoms with Gasteiger partial charge in [0, 0.05) is 37.9 Å². The average molecular weight is 510 g/mol. The van der Waals surface area contributed by atoms with E-state index in [0.717, 1.165) is 44.2 Å². The highest BCUT2D eigenvalue weighted by Crippen LogP contribution is 2.38. The van der Waals surface area contributed by atoms with Crippen molar-refractivity contribution in [3.8, 4) is 34.3 Å². The van der Waals surface area contributed by atoms with Crippen LogP contribution in [0.25, 0.3) is 17.1 Å². The number of carbonyl (C=O) groups is 1. The van der Waals surface area contributed by atoms with E-state index in [0.29, 0.717) is 36.0 Å². The third-order valence-electron chi connectivity index (χ3n) is 6.29. The number of hydrogen-bond donors (Lipinski definition) is 2. The second kappa shape index (κ2) is 12.1. The fraction of sp³-hybridized carbons (Fsp3) is 0.444. The Bertz CT molecular complexity index is 1200. The van der Waals surface area contributed by atoms with Crippen LogP contribution in [-0.4, -0.2) is 83.8 Å². The van der Waals surface area contributed by atoms with Crippen LogP contribution in [-0.2, 0) is 4.74 Å². The van der Waals surface area contributed by atoms with Gasteiger partial charge in [0.1, 0.15) is 23.9 Å². The first-order valence-electron chi connectivity index (χ1n) is 12.6. The lowest BCUT2D eigenvalue weighted by atomic mass is 9.98. The molecule has 3 aromatic rings. The Morgan fingerprint density at radius 3 is 2.54 bits per heavy atom. The Morgan fingerprint density at radius 1 is 1.16 bits per heavy atom. The molecule has 1 fully saturated rings. The zero-order valence-electron chi connectivity index (χ0n) is 21.9. The van der Waals surface area contributed by atoms with Crippen LogP contribution in [0.1, 0.15) is 42.9 Å². The van der Waals surface area contributed by atoms with Gasteiger partial charge in [0.2, 0.25) is 5.82 Å². The summed E-state index contributed by atoms with van der Waals surface area (Å²) in [5, 5.41) is 22.1. The van der Waals surface area contributed by atoms with Crippen LogP contribution in [0.2, 0.25) is 0 Å². The molecule has 10 heteroatoms. The molecule has 1 aliphatic heterocycles. The Balaban J connectivity index is 1.65. The molecule has 37 heavy (non-hydrogen) atoms. The maximum absolute atomic E-state index is 12.8.